The van der Waals surface area contributed by atoms with Crippen molar-refractivity contribution in [2.75, 3.05) is 6.61 Å². The van der Waals surface area contributed by atoms with Crippen molar-refractivity contribution in [1.82, 2.24) is 5.32 Å². The number of alkyl carbamates (subject to hydrolysis) is 1. The minimum atomic E-state index is -1.70. The van der Waals surface area contributed by atoms with Gasteiger partial charge in [0.05, 0.1) is 11.7 Å². The molecule has 0 saturated heterocycles. The molecule has 1 saturated carbocycles. The molecule has 0 spiro atoms. The molecular weight excluding hydrogens is 397 g/mol. The second-order valence-corrected chi connectivity index (χ2v) is 9.31. The lowest BCUT2D eigenvalue weighted by molar-refractivity contribution is -0.148. The van der Waals surface area contributed by atoms with E-state index in [4.69, 9.17) is 9.47 Å². The van der Waals surface area contributed by atoms with E-state index < -0.39 is 29.4 Å². The Hall–Kier alpha value is -2.73. The van der Waals surface area contributed by atoms with E-state index in [1.807, 2.05) is 57.2 Å². The molecule has 31 heavy (non-hydrogen) atoms. The van der Waals surface area contributed by atoms with E-state index in [9.17, 15) is 14.0 Å². The van der Waals surface area contributed by atoms with Crippen LogP contribution in [0, 0.1) is 0 Å². The van der Waals surface area contributed by atoms with Crippen molar-refractivity contribution in [3.8, 4) is 11.1 Å². The second kappa shape index (κ2) is 8.08. The van der Waals surface area contributed by atoms with Crippen LogP contribution in [0.4, 0.5) is 9.18 Å². The van der Waals surface area contributed by atoms with Gasteiger partial charge in [-0.3, -0.25) is 4.79 Å². The van der Waals surface area contributed by atoms with Crippen molar-refractivity contribution >= 4 is 12.1 Å². The fraction of sp³-hybridized carbons (Fsp3) is 0.440. The standard InChI is InChI=1S/C25H28FNO4/c1-24(2,3)31-21-13-8-14-25(21,22(26)28)27-23(29)30-15-20-18-11-6-4-9-16(18)17-10-5-7-12-19(17)20/h4-7,9-12,20-21H,8,13-15H2,1-3H3,(H,27,29)/t21-,25-/m1/s1. The van der Waals surface area contributed by atoms with Gasteiger partial charge in [0.25, 0.3) is 0 Å². The SMILES string of the molecule is CC(C)(C)O[C@@H]1CCC[C@]1(NC(=O)OCC1c2ccccc2-c2ccccc21)C(=O)F. The van der Waals surface area contributed by atoms with E-state index in [-0.39, 0.29) is 18.9 Å². The summed E-state index contributed by atoms with van der Waals surface area (Å²) in [5.74, 6) is -0.111. The topological polar surface area (TPSA) is 64.6 Å². The van der Waals surface area contributed by atoms with Gasteiger partial charge in [0.2, 0.25) is 0 Å². The molecule has 2 atom stereocenters. The number of carbonyl (C=O) groups excluding carboxylic acids is 2. The molecule has 0 radical (unpaired) electrons. The van der Waals surface area contributed by atoms with Crippen LogP contribution in [0.3, 0.4) is 0 Å². The number of ether oxygens (including phenoxy) is 2. The zero-order valence-corrected chi connectivity index (χ0v) is 18.1. The van der Waals surface area contributed by atoms with Gasteiger partial charge in [-0.15, -0.1) is 0 Å². The first-order chi connectivity index (χ1) is 14.7. The van der Waals surface area contributed by atoms with Crippen LogP contribution >= 0.6 is 0 Å². The number of hydrogen-bond donors (Lipinski definition) is 1. The molecule has 5 nitrogen and oxygen atoms in total. The molecule has 0 aromatic heterocycles. The van der Waals surface area contributed by atoms with Gasteiger partial charge < -0.3 is 14.8 Å². The summed E-state index contributed by atoms with van der Waals surface area (Å²) in [6.45, 7) is 5.62. The summed E-state index contributed by atoms with van der Waals surface area (Å²) in [6, 6.07) is 14.5. The van der Waals surface area contributed by atoms with E-state index in [2.05, 4.69) is 17.4 Å². The molecule has 2 aliphatic rings. The number of carbonyl (C=O) groups is 2. The molecule has 0 bridgehead atoms. The number of benzene rings is 2. The largest absolute Gasteiger partial charge is 0.449 e. The Labute approximate surface area is 181 Å². The van der Waals surface area contributed by atoms with Gasteiger partial charge in [-0.05, 0) is 62.3 Å². The molecule has 4 rings (SSSR count). The van der Waals surface area contributed by atoms with Gasteiger partial charge in [-0.1, -0.05) is 48.5 Å². The van der Waals surface area contributed by atoms with Crippen molar-refractivity contribution in [3.05, 3.63) is 59.7 Å². The van der Waals surface area contributed by atoms with Crippen molar-refractivity contribution < 1.29 is 23.5 Å². The third kappa shape index (κ3) is 4.09. The molecule has 6 heteroatoms. The zero-order chi connectivity index (χ0) is 22.2. The minimum Gasteiger partial charge on any atom is -0.449 e. The number of rotatable bonds is 5. The Kier molecular flexibility index (Phi) is 5.60. The Bertz CT molecular complexity index is 954. The summed E-state index contributed by atoms with van der Waals surface area (Å²) in [5.41, 5.74) is 2.15. The van der Waals surface area contributed by atoms with E-state index in [0.717, 1.165) is 22.3 Å². The smallest absolute Gasteiger partial charge is 0.408 e. The lowest BCUT2D eigenvalue weighted by Crippen LogP contribution is -2.60. The minimum absolute atomic E-state index is 0.0984. The molecular formula is C25H28FNO4. The van der Waals surface area contributed by atoms with Gasteiger partial charge in [-0.25, -0.2) is 4.79 Å². The average Bonchev–Trinajstić information content (AvgIpc) is 3.25. The van der Waals surface area contributed by atoms with Gasteiger partial charge in [0.15, 0.2) is 5.54 Å². The second-order valence-electron chi connectivity index (χ2n) is 9.31. The molecule has 0 aliphatic heterocycles. The molecule has 0 unspecified atom stereocenters. The van der Waals surface area contributed by atoms with E-state index >= 15 is 0 Å². The normalized spacial score (nSPS) is 22.6. The molecule has 2 aliphatic carbocycles. The third-order valence-electron chi connectivity index (χ3n) is 6.10. The van der Waals surface area contributed by atoms with Crippen molar-refractivity contribution in [2.24, 2.45) is 0 Å². The summed E-state index contributed by atoms with van der Waals surface area (Å²) in [4.78, 5) is 24.7. The van der Waals surface area contributed by atoms with Gasteiger partial charge in [0.1, 0.15) is 6.61 Å². The lowest BCUT2D eigenvalue weighted by Gasteiger charge is -2.35. The summed E-state index contributed by atoms with van der Waals surface area (Å²) < 4.78 is 25.6. The van der Waals surface area contributed by atoms with Crippen LogP contribution in [0.1, 0.15) is 57.1 Å². The van der Waals surface area contributed by atoms with Gasteiger partial charge in [0, 0.05) is 5.92 Å². The molecule has 2 aromatic carbocycles. The summed E-state index contributed by atoms with van der Waals surface area (Å²) in [6.07, 6.45) is -0.271. The highest BCUT2D eigenvalue weighted by atomic mass is 19.1. The van der Waals surface area contributed by atoms with Crippen LogP contribution in [0.2, 0.25) is 0 Å². The lowest BCUT2D eigenvalue weighted by atomic mass is 9.95. The van der Waals surface area contributed by atoms with E-state index in [1.54, 1.807) is 0 Å². The molecule has 164 valence electrons. The number of nitrogens with one attached hydrogen (secondary N) is 1. The van der Waals surface area contributed by atoms with Crippen LogP contribution < -0.4 is 5.32 Å². The van der Waals surface area contributed by atoms with Gasteiger partial charge >= 0.3 is 12.1 Å². The van der Waals surface area contributed by atoms with Crippen LogP contribution in [-0.4, -0.2) is 36.0 Å². The monoisotopic (exact) mass is 425 g/mol. The van der Waals surface area contributed by atoms with Crippen LogP contribution in [0.25, 0.3) is 11.1 Å². The number of hydrogen-bond acceptors (Lipinski definition) is 4. The quantitative estimate of drug-likeness (QED) is 0.675. The summed E-state index contributed by atoms with van der Waals surface area (Å²) >= 11 is 0. The van der Waals surface area contributed by atoms with Crippen molar-refractivity contribution in [1.29, 1.82) is 0 Å². The number of fused-ring (bicyclic) bond motifs is 3. The Balaban J connectivity index is 1.49. The van der Waals surface area contributed by atoms with Crippen molar-refractivity contribution in [3.63, 3.8) is 0 Å². The highest BCUT2D eigenvalue weighted by Crippen LogP contribution is 2.44. The fourth-order valence-electron chi connectivity index (χ4n) is 4.79. The molecule has 1 fully saturated rings. The van der Waals surface area contributed by atoms with Crippen molar-refractivity contribution in [2.45, 2.75) is 63.2 Å². The Morgan fingerprint density at radius 2 is 1.65 bits per heavy atom. The molecule has 1 amide bonds. The highest BCUT2D eigenvalue weighted by Gasteiger charge is 2.53. The van der Waals surface area contributed by atoms with Crippen LogP contribution in [0.15, 0.2) is 48.5 Å². The first-order valence-corrected chi connectivity index (χ1v) is 10.7. The Morgan fingerprint density at radius 1 is 1.06 bits per heavy atom. The first kappa shape index (κ1) is 21.5. The van der Waals surface area contributed by atoms with Gasteiger partial charge in [-0.2, -0.15) is 4.39 Å². The predicted molar refractivity (Wildman–Crippen MR) is 116 cm³/mol. The maximum Gasteiger partial charge on any atom is 0.408 e. The zero-order valence-electron chi connectivity index (χ0n) is 18.1. The number of amides is 1. The van der Waals surface area contributed by atoms with E-state index in [0.29, 0.717) is 12.8 Å². The molecule has 0 heterocycles. The summed E-state index contributed by atoms with van der Waals surface area (Å²) in [7, 11) is 0. The van der Waals surface area contributed by atoms with Crippen LogP contribution in [0.5, 0.6) is 0 Å². The molecule has 1 N–H and O–H groups in total. The van der Waals surface area contributed by atoms with Crippen LogP contribution in [-0.2, 0) is 14.3 Å². The fourth-order valence-corrected chi connectivity index (χ4v) is 4.79. The maximum absolute atomic E-state index is 14.2. The third-order valence-corrected chi connectivity index (χ3v) is 6.10. The maximum atomic E-state index is 14.2. The molecule has 2 aromatic rings. The Morgan fingerprint density at radius 3 is 2.19 bits per heavy atom. The summed E-state index contributed by atoms with van der Waals surface area (Å²) in [5, 5.41) is 2.53. The number of halogens is 1. The first-order valence-electron chi connectivity index (χ1n) is 10.7. The van der Waals surface area contributed by atoms with E-state index in [1.165, 1.54) is 0 Å². The predicted octanol–water partition coefficient (Wildman–Crippen LogP) is 5.13. The average molecular weight is 426 g/mol. The highest BCUT2D eigenvalue weighted by molar-refractivity contribution is 5.86.